The second-order valence-corrected chi connectivity index (χ2v) is 9.37. The van der Waals surface area contributed by atoms with E-state index < -0.39 is 11.6 Å². The largest absolute Gasteiger partial charge is 0.389 e. The van der Waals surface area contributed by atoms with Crippen molar-refractivity contribution in [3.8, 4) is 17.2 Å². The van der Waals surface area contributed by atoms with Crippen LogP contribution in [0.25, 0.3) is 32.2 Å². The van der Waals surface area contributed by atoms with E-state index in [1.54, 1.807) is 6.33 Å². The van der Waals surface area contributed by atoms with E-state index >= 15 is 4.39 Å². The minimum atomic E-state index is -0.648. The van der Waals surface area contributed by atoms with Crippen molar-refractivity contribution in [2.24, 2.45) is 0 Å². The van der Waals surface area contributed by atoms with E-state index in [-0.39, 0.29) is 43.7 Å². The highest BCUT2D eigenvalue weighted by atomic mass is 32.1. The molecule has 7 nitrogen and oxygen atoms in total. The van der Waals surface area contributed by atoms with Crippen LogP contribution in [-0.2, 0) is 6.54 Å². The van der Waals surface area contributed by atoms with Gasteiger partial charge in [-0.2, -0.15) is 5.26 Å². The van der Waals surface area contributed by atoms with Crippen LogP contribution < -0.4 is 11.1 Å². The number of amides is 1. The number of piperazine rings is 1. The Balaban J connectivity index is 1.66. The number of aromatic nitrogens is 2. The van der Waals surface area contributed by atoms with Crippen molar-refractivity contribution in [2.45, 2.75) is 19.0 Å². The second-order valence-electron chi connectivity index (χ2n) is 8.31. The van der Waals surface area contributed by atoms with Gasteiger partial charge in [-0.1, -0.05) is 6.07 Å². The number of anilines is 1. The monoisotopic (exact) mass is 464 g/mol. The number of nitrogens with one attached hydrogen (secondary N) is 1. The summed E-state index contributed by atoms with van der Waals surface area (Å²) in [6, 6.07) is 5.99. The summed E-state index contributed by atoms with van der Waals surface area (Å²) >= 11 is 0.958. The molecule has 166 valence electrons. The molecule has 1 atom stereocenters. The Bertz CT molecular complexity index is 1520. The maximum atomic E-state index is 15.8. The van der Waals surface area contributed by atoms with Crippen LogP contribution in [0.15, 0.2) is 24.5 Å². The van der Waals surface area contributed by atoms with Crippen molar-refractivity contribution in [2.75, 3.05) is 25.4 Å². The summed E-state index contributed by atoms with van der Waals surface area (Å²) in [5.74, 6) is -1.40. The zero-order valence-electron chi connectivity index (χ0n) is 17.4. The van der Waals surface area contributed by atoms with Crippen molar-refractivity contribution in [3.63, 3.8) is 0 Å². The summed E-state index contributed by atoms with van der Waals surface area (Å²) in [6.07, 6.45) is 2.36. The van der Waals surface area contributed by atoms with E-state index in [1.807, 2.05) is 15.5 Å². The summed E-state index contributed by atoms with van der Waals surface area (Å²) in [7, 11) is 0. The minimum Gasteiger partial charge on any atom is -0.389 e. The maximum Gasteiger partial charge on any atom is 0.256 e. The molecule has 1 saturated heterocycles. The fraction of sp³-hybridized carbons (Fsp3) is 0.261. The number of nitrogen functional groups attached to an aromatic ring is 1. The van der Waals surface area contributed by atoms with Gasteiger partial charge in [-0.15, -0.1) is 11.3 Å². The minimum absolute atomic E-state index is 0.0308. The molecule has 0 aliphatic carbocycles. The molecular formula is C23H18F2N6OS. The molecule has 0 unspecified atom stereocenters. The van der Waals surface area contributed by atoms with Gasteiger partial charge in [0.2, 0.25) is 0 Å². The van der Waals surface area contributed by atoms with Crippen molar-refractivity contribution >= 4 is 43.4 Å². The zero-order valence-corrected chi connectivity index (χ0v) is 18.2. The third-order valence-electron chi connectivity index (χ3n) is 6.58. The van der Waals surface area contributed by atoms with Crippen LogP contribution in [0.3, 0.4) is 0 Å². The predicted octanol–water partition coefficient (Wildman–Crippen LogP) is 3.47. The van der Waals surface area contributed by atoms with E-state index in [2.05, 4.69) is 10.3 Å². The van der Waals surface area contributed by atoms with Crippen LogP contribution in [0.5, 0.6) is 0 Å². The highest BCUT2D eigenvalue weighted by Crippen LogP contribution is 2.44. The molecule has 1 amide bonds. The van der Waals surface area contributed by atoms with Gasteiger partial charge < -0.3 is 20.5 Å². The first kappa shape index (κ1) is 20.1. The Labute approximate surface area is 191 Å². The first-order valence-electron chi connectivity index (χ1n) is 10.6. The molecule has 3 N–H and O–H groups in total. The van der Waals surface area contributed by atoms with Gasteiger partial charge in [-0.25, -0.2) is 13.8 Å². The van der Waals surface area contributed by atoms with Gasteiger partial charge >= 0.3 is 0 Å². The number of benzene rings is 2. The molecule has 2 aromatic carbocycles. The molecule has 6 rings (SSSR count). The van der Waals surface area contributed by atoms with Crippen molar-refractivity contribution < 1.29 is 13.6 Å². The molecule has 0 saturated carbocycles. The van der Waals surface area contributed by atoms with E-state index in [0.717, 1.165) is 17.8 Å². The normalized spacial score (nSPS) is 18.3. The topological polar surface area (TPSA) is 100.0 Å². The number of thiophene rings is 1. The fourth-order valence-corrected chi connectivity index (χ4v) is 6.00. The van der Waals surface area contributed by atoms with E-state index in [0.29, 0.717) is 42.8 Å². The van der Waals surface area contributed by atoms with Gasteiger partial charge in [0, 0.05) is 43.2 Å². The molecule has 33 heavy (non-hydrogen) atoms. The summed E-state index contributed by atoms with van der Waals surface area (Å²) in [5.41, 5.74) is 7.68. The summed E-state index contributed by atoms with van der Waals surface area (Å²) in [5, 5.41) is 13.4. The average molecular weight is 465 g/mol. The van der Waals surface area contributed by atoms with Crippen LogP contribution in [0, 0.1) is 23.0 Å². The van der Waals surface area contributed by atoms with E-state index in [4.69, 9.17) is 5.73 Å². The predicted molar refractivity (Wildman–Crippen MR) is 122 cm³/mol. The number of halogens is 2. The molecule has 2 aliphatic heterocycles. The van der Waals surface area contributed by atoms with Gasteiger partial charge in [0.1, 0.15) is 28.2 Å². The number of hydrogen-bond acceptors (Lipinski definition) is 6. The molecule has 0 bridgehead atoms. The number of fused-ring (bicyclic) bond motifs is 2. The third kappa shape index (κ3) is 2.79. The number of aryl methyl sites for hydroxylation is 1. The van der Waals surface area contributed by atoms with Gasteiger partial charge in [-0.3, -0.25) is 4.79 Å². The average Bonchev–Trinajstić information content (AvgIpc) is 3.38. The van der Waals surface area contributed by atoms with Gasteiger partial charge in [0.15, 0.2) is 0 Å². The smallest absolute Gasteiger partial charge is 0.256 e. The molecule has 2 aliphatic rings. The Morgan fingerprint density at radius 2 is 2.09 bits per heavy atom. The zero-order chi connectivity index (χ0) is 22.9. The van der Waals surface area contributed by atoms with Gasteiger partial charge in [0.25, 0.3) is 5.91 Å². The quantitative estimate of drug-likeness (QED) is 0.449. The van der Waals surface area contributed by atoms with E-state index in [1.165, 1.54) is 18.2 Å². The Morgan fingerprint density at radius 3 is 2.91 bits per heavy atom. The van der Waals surface area contributed by atoms with Crippen LogP contribution in [0.2, 0.25) is 0 Å². The standard InChI is InChI=1S/C23H18F2N6OS/c24-15-2-1-12(17-14(8-26)22(27)33-21(15)17)18-16(25)7-13-20-19(18)29-10-30(20)5-3-11-9-28-4-6-31(11)23(13)32/h1-2,7,10-11,28H,3-6,9,27H2/t11-/m1/s1. The molecule has 2 aromatic heterocycles. The Hall–Kier alpha value is -3.55. The maximum absolute atomic E-state index is 15.8. The molecule has 4 heterocycles. The number of carbonyl (C=O) groups excluding carboxylic acids is 1. The fourth-order valence-electron chi connectivity index (χ4n) is 5.05. The SMILES string of the molecule is N#Cc1c(N)sc2c(F)ccc(-c3c(F)cc4c5c3ncn5CC[C@@H]3CNCCN3C4=O)c12. The van der Waals surface area contributed by atoms with Crippen LogP contribution in [-0.4, -0.2) is 46.0 Å². The molecule has 1 fully saturated rings. The lowest BCUT2D eigenvalue weighted by atomic mass is 9.94. The molecule has 4 aromatic rings. The molecule has 0 radical (unpaired) electrons. The highest BCUT2D eigenvalue weighted by Gasteiger charge is 2.33. The van der Waals surface area contributed by atoms with Gasteiger partial charge in [-0.05, 0) is 24.1 Å². The number of hydrogen-bond donors (Lipinski definition) is 2. The van der Waals surface area contributed by atoms with Crippen LogP contribution in [0.1, 0.15) is 22.3 Å². The van der Waals surface area contributed by atoms with Gasteiger partial charge in [0.05, 0.1) is 27.7 Å². The lowest BCUT2D eigenvalue weighted by Gasteiger charge is -2.38. The lowest BCUT2D eigenvalue weighted by molar-refractivity contribution is 0.0615. The Kier molecular flexibility index (Phi) is 4.40. The van der Waals surface area contributed by atoms with Crippen molar-refractivity contribution in [3.05, 3.63) is 47.3 Å². The molecular weight excluding hydrogens is 446 g/mol. The first-order valence-corrected chi connectivity index (χ1v) is 11.4. The van der Waals surface area contributed by atoms with Crippen LogP contribution >= 0.6 is 11.3 Å². The number of nitriles is 1. The van der Waals surface area contributed by atoms with E-state index in [9.17, 15) is 14.4 Å². The van der Waals surface area contributed by atoms with Crippen LogP contribution in [0.4, 0.5) is 13.8 Å². The molecule has 10 heteroatoms. The van der Waals surface area contributed by atoms with Crippen molar-refractivity contribution in [1.82, 2.24) is 19.8 Å². The second kappa shape index (κ2) is 7.23. The summed E-state index contributed by atoms with van der Waals surface area (Å²) < 4.78 is 32.4. The van der Waals surface area contributed by atoms with Crippen molar-refractivity contribution in [1.29, 1.82) is 5.26 Å². The number of nitrogens with zero attached hydrogens (tertiary/aromatic N) is 4. The first-order chi connectivity index (χ1) is 16.0. The number of carbonyl (C=O) groups is 1. The lowest BCUT2D eigenvalue weighted by Crippen LogP contribution is -2.54. The number of rotatable bonds is 1. The summed E-state index contributed by atoms with van der Waals surface area (Å²) in [6.45, 7) is 2.57. The molecule has 0 spiro atoms. The summed E-state index contributed by atoms with van der Waals surface area (Å²) in [4.78, 5) is 19.7. The number of imidazole rings is 1. The third-order valence-corrected chi connectivity index (χ3v) is 7.61. The number of nitrogens with two attached hydrogens (primary N) is 1. The Morgan fingerprint density at radius 1 is 1.24 bits per heavy atom. The highest BCUT2D eigenvalue weighted by molar-refractivity contribution is 7.23.